The first kappa shape index (κ1) is 19.3. The van der Waals surface area contributed by atoms with Gasteiger partial charge in [0.1, 0.15) is 12.7 Å². The molecule has 0 unspecified atom stereocenters. The minimum Gasteiger partial charge on any atom is -0.344 e. The molecule has 1 aromatic carbocycles. The Labute approximate surface area is 161 Å². The van der Waals surface area contributed by atoms with Gasteiger partial charge in [0.25, 0.3) is 0 Å². The van der Waals surface area contributed by atoms with Gasteiger partial charge < -0.3 is 11.1 Å². The minimum absolute atomic E-state index is 0. The van der Waals surface area contributed by atoms with Crippen molar-refractivity contribution in [2.45, 2.75) is 62.9 Å². The van der Waals surface area contributed by atoms with E-state index in [4.69, 9.17) is 11.6 Å². The van der Waals surface area contributed by atoms with Gasteiger partial charge in [0.2, 0.25) is 0 Å². The maximum Gasteiger partial charge on any atom is 0.137 e. The first-order chi connectivity index (χ1) is 12.1. The van der Waals surface area contributed by atoms with E-state index in [2.05, 4.69) is 40.1 Å². The van der Waals surface area contributed by atoms with Crippen molar-refractivity contribution < 1.29 is 0 Å². The van der Waals surface area contributed by atoms with Crippen LogP contribution in [0.4, 0.5) is 0 Å². The highest BCUT2D eigenvalue weighted by atomic mass is 35.5. The average molecular weight is 376 g/mol. The van der Waals surface area contributed by atoms with Gasteiger partial charge >= 0.3 is 0 Å². The van der Waals surface area contributed by atoms with E-state index in [9.17, 15) is 0 Å². The number of aromatic nitrogens is 3. The highest BCUT2D eigenvalue weighted by molar-refractivity contribution is 6.30. The number of hydrogen-bond donors (Lipinski definition) is 1. The van der Waals surface area contributed by atoms with Gasteiger partial charge in [-0.05, 0) is 61.6 Å². The Balaban J connectivity index is 0.00000196. The normalized spacial score (nSPS) is 27.8. The molecule has 4 rings (SSSR count). The molecule has 142 valence electrons. The van der Waals surface area contributed by atoms with Gasteiger partial charge in [0.05, 0.1) is 6.04 Å². The Morgan fingerprint density at radius 1 is 1.08 bits per heavy atom. The predicted molar refractivity (Wildman–Crippen MR) is 106 cm³/mol. The van der Waals surface area contributed by atoms with Crippen LogP contribution in [0.5, 0.6) is 0 Å². The molecule has 1 aliphatic carbocycles. The molecule has 2 aliphatic rings. The lowest BCUT2D eigenvalue weighted by molar-refractivity contribution is 0.0888. The van der Waals surface area contributed by atoms with Crippen LogP contribution in [0.25, 0.3) is 0 Å². The van der Waals surface area contributed by atoms with Gasteiger partial charge in [0.15, 0.2) is 0 Å². The van der Waals surface area contributed by atoms with E-state index < -0.39 is 0 Å². The van der Waals surface area contributed by atoms with Crippen molar-refractivity contribution in [2.24, 2.45) is 0 Å². The fourth-order valence-corrected chi connectivity index (χ4v) is 4.87. The zero-order valence-electron chi connectivity index (χ0n) is 15.6. The molecule has 0 radical (unpaired) electrons. The van der Waals surface area contributed by atoms with Gasteiger partial charge in [-0.1, -0.05) is 30.7 Å². The summed E-state index contributed by atoms with van der Waals surface area (Å²) >= 11 is 6.21. The number of rotatable bonds is 3. The average Bonchev–Trinajstić information content (AvgIpc) is 3.17. The highest BCUT2D eigenvalue weighted by Crippen LogP contribution is 2.41. The number of likely N-dealkylation sites (tertiary alicyclic amines) is 1. The molecule has 1 aromatic heterocycles. The zero-order chi connectivity index (χ0) is 17.3. The Morgan fingerprint density at radius 3 is 2.42 bits per heavy atom. The van der Waals surface area contributed by atoms with Gasteiger partial charge in [-0.15, -0.1) is 0 Å². The first-order valence-electron chi connectivity index (χ1n) is 9.48. The van der Waals surface area contributed by atoms with Crippen LogP contribution in [0.1, 0.15) is 57.1 Å². The van der Waals surface area contributed by atoms with E-state index in [1.807, 2.05) is 17.1 Å². The lowest BCUT2D eigenvalue weighted by Gasteiger charge is -2.44. The lowest BCUT2D eigenvalue weighted by atomic mass is 9.69. The fraction of sp³-hybridized carbons (Fsp3) is 0.600. The van der Waals surface area contributed by atoms with Crippen molar-refractivity contribution in [2.75, 3.05) is 13.1 Å². The van der Waals surface area contributed by atoms with E-state index >= 15 is 0 Å². The van der Waals surface area contributed by atoms with Crippen molar-refractivity contribution in [1.82, 2.24) is 25.8 Å². The second-order valence-electron chi connectivity index (χ2n) is 7.94. The molecule has 3 N–H and O–H groups in total. The number of nitrogens with zero attached hydrogens (tertiary/aromatic N) is 4. The summed E-state index contributed by atoms with van der Waals surface area (Å²) in [6, 6.07) is 9.73. The molecular weight excluding hydrogens is 346 g/mol. The van der Waals surface area contributed by atoms with E-state index in [1.54, 1.807) is 6.33 Å². The van der Waals surface area contributed by atoms with Crippen molar-refractivity contribution >= 4 is 11.6 Å². The molecule has 26 heavy (non-hydrogen) atoms. The lowest BCUT2D eigenvalue weighted by Crippen LogP contribution is -2.45. The maximum absolute atomic E-state index is 6.21. The SMILES string of the molecule is CC1(c2cccc(Cl)c2)CCC(N2CCC(n3cncn3)CC2)CC1.N. The number of benzene rings is 1. The predicted octanol–water partition coefficient (Wildman–Crippen LogP) is 4.63. The van der Waals surface area contributed by atoms with Crippen LogP contribution < -0.4 is 6.15 Å². The molecule has 6 heteroatoms. The topological polar surface area (TPSA) is 69.0 Å². The van der Waals surface area contributed by atoms with Crippen LogP contribution in [0.15, 0.2) is 36.9 Å². The molecule has 0 bridgehead atoms. The van der Waals surface area contributed by atoms with Crippen LogP contribution in [-0.4, -0.2) is 38.8 Å². The van der Waals surface area contributed by atoms with Gasteiger partial charge in [-0.2, -0.15) is 5.10 Å². The van der Waals surface area contributed by atoms with Crippen LogP contribution in [0.2, 0.25) is 5.02 Å². The van der Waals surface area contributed by atoms with E-state index in [0.717, 1.165) is 11.1 Å². The highest BCUT2D eigenvalue weighted by Gasteiger charge is 2.36. The number of halogens is 1. The molecule has 0 amide bonds. The van der Waals surface area contributed by atoms with Gasteiger partial charge in [-0.3, -0.25) is 0 Å². The molecule has 1 aliphatic heterocycles. The Hall–Kier alpha value is -1.43. The molecule has 2 heterocycles. The summed E-state index contributed by atoms with van der Waals surface area (Å²) in [6.45, 7) is 4.78. The smallest absolute Gasteiger partial charge is 0.137 e. The fourth-order valence-electron chi connectivity index (χ4n) is 4.68. The summed E-state index contributed by atoms with van der Waals surface area (Å²) in [7, 11) is 0. The molecule has 1 saturated heterocycles. The molecule has 2 aromatic rings. The molecule has 1 saturated carbocycles. The quantitative estimate of drug-likeness (QED) is 0.848. The van der Waals surface area contributed by atoms with Crippen LogP contribution in [0.3, 0.4) is 0 Å². The molecule has 5 nitrogen and oxygen atoms in total. The number of piperidine rings is 1. The Morgan fingerprint density at radius 2 is 1.81 bits per heavy atom. The van der Waals surface area contributed by atoms with Crippen molar-refractivity contribution in [1.29, 1.82) is 0 Å². The Kier molecular flexibility index (Phi) is 6.00. The van der Waals surface area contributed by atoms with Gasteiger partial charge in [-0.25, -0.2) is 9.67 Å². The summed E-state index contributed by atoms with van der Waals surface area (Å²) in [5, 5.41) is 5.17. The summed E-state index contributed by atoms with van der Waals surface area (Å²) in [5.41, 5.74) is 1.68. The van der Waals surface area contributed by atoms with E-state index in [-0.39, 0.29) is 11.6 Å². The molecule has 0 spiro atoms. The largest absolute Gasteiger partial charge is 0.344 e. The molecule has 2 fully saturated rings. The second-order valence-corrected chi connectivity index (χ2v) is 8.38. The summed E-state index contributed by atoms with van der Waals surface area (Å²) < 4.78 is 2.04. The summed E-state index contributed by atoms with van der Waals surface area (Å²) in [4.78, 5) is 6.80. The van der Waals surface area contributed by atoms with E-state index in [0.29, 0.717) is 6.04 Å². The summed E-state index contributed by atoms with van der Waals surface area (Å²) in [5.74, 6) is 0. The second kappa shape index (κ2) is 8.07. The van der Waals surface area contributed by atoms with E-state index in [1.165, 1.54) is 57.2 Å². The van der Waals surface area contributed by atoms with Crippen molar-refractivity contribution in [3.05, 3.63) is 47.5 Å². The molecule has 0 atom stereocenters. The van der Waals surface area contributed by atoms with Crippen LogP contribution >= 0.6 is 11.6 Å². The molecular formula is C20H30ClN5. The Bertz CT molecular complexity index is 686. The maximum atomic E-state index is 6.21. The monoisotopic (exact) mass is 375 g/mol. The third-order valence-corrected chi connectivity index (χ3v) is 6.64. The zero-order valence-corrected chi connectivity index (χ0v) is 16.4. The summed E-state index contributed by atoms with van der Waals surface area (Å²) in [6.07, 6.45) is 11.0. The van der Waals surface area contributed by atoms with Crippen molar-refractivity contribution in [3.63, 3.8) is 0 Å². The third kappa shape index (κ3) is 3.95. The first-order valence-corrected chi connectivity index (χ1v) is 9.86. The minimum atomic E-state index is 0. The third-order valence-electron chi connectivity index (χ3n) is 6.41. The number of hydrogen-bond acceptors (Lipinski definition) is 4. The van der Waals surface area contributed by atoms with Crippen LogP contribution in [-0.2, 0) is 5.41 Å². The van der Waals surface area contributed by atoms with Gasteiger partial charge in [0, 0.05) is 24.2 Å². The standard InChI is InChI=1S/C20H27ClN4.H3N/c1-20(16-3-2-4-17(21)13-16)9-5-18(6-10-20)24-11-7-19(8-12-24)25-15-22-14-23-25;/h2-4,13-15,18-19H,5-12H2,1H3;1H3. The van der Waals surface area contributed by atoms with Crippen molar-refractivity contribution in [3.8, 4) is 0 Å². The van der Waals surface area contributed by atoms with Crippen LogP contribution in [0, 0.1) is 0 Å².